The summed E-state index contributed by atoms with van der Waals surface area (Å²) in [5.41, 5.74) is 0. The van der Waals surface area contributed by atoms with Crippen LogP contribution in [0.4, 0.5) is 0 Å². The molecule has 0 radical (unpaired) electrons. The summed E-state index contributed by atoms with van der Waals surface area (Å²) >= 11 is 0. The zero-order valence-corrected chi connectivity index (χ0v) is 34.5. The normalized spacial score (nSPS) is 14.4. The van der Waals surface area contributed by atoms with Gasteiger partial charge in [0.15, 0.2) is 0 Å². The van der Waals surface area contributed by atoms with Crippen LogP contribution in [-0.4, -0.2) is 75.6 Å². The standard InChI is InChI=1S/C42H78NO7P/c1-6-8-10-12-14-16-18-19-20-21-22-23-24-26-28-30-32-34-37-47-39-41(40-49-51(45,46)48-38-36-43(3,4)5)50-42(44)35-33-31-29-27-25-17-15-13-11-9-7-2/h8,10,14,16,19-20,22-23,41H,6-7,9,11-13,15,17-18,21,24-40H2,1-5H3/p+1/b10-8-,16-14-,20-19-,23-22-. The Morgan fingerprint density at radius 3 is 1.71 bits per heavy atom. The molecule has 51 heavy (non-hydrogen) atoms. The number of nitrogens with zero attached hydrogens (tertiary/aromatic N) is 1. The van der Waals surface area contributed by atoms with E-state index in [1.54, 1.807) is 0 Å². The van der Waals surface area contributed by atoms with Crippen LogP contribution in [0.1, 0.15) is 155 Å². The molecule has 0 fully saturated rings. The predicted molar refractivity (Wildman–Crippen MR) is 215 cm³/mol. The third kappa shape index (κ3) is 39.5. The van der Waals surface area contributed by atoms with Crippen LogP contribution in [0, 0.1) is 0 Å². The van der Waals surface area contributed by atoms with E-state index in [0.717, 1.165) is 70.6 Å². The minimum absolute atomic E-state index is 0.0839. The Morgan fingerprint density at radius 2 is 1.14 bits per heavy atom. The number of phosphoric acid groups is 1. The molecule has 0 aliphatic carbocycles. The highest BCUT2D eigenvalue weighted by atomic mass is 31.2. The van der Waals surface area contributed by atoms with Gasteiger partial charge in [0.1, 0.15) is 19.3 Å². The Labute approximate surface area is 314 Å². The summed E-state index contributed by atoms with van der Waals surface area (Å²) in [4.78, 5) is 22.8. The van der Waals surface area contributed by atoms with Crippen LogP contribution in [0.5, 0.6) is 0 Å². The molecule has 298 valence electrons. The summed E-state index contributed by atoms with van der Waals surface area (Å²) in [5, 5.41) is 0. The number of esters is 1. The van der Waals surface area contributed by atoms with Crippen LogP contribution in [0.25, 0.3) is 0 Å². The molecule has 0 aliphatic heterocycles. The molecule has 0 bridgehead atoms. The van der Waals surface area contributed by atoms with E-state index < -0.39 is 13.9 Å². The molecule has 0 aromatic rings. The second kappa shape index (κ2) is 35.5. The molecule has 2 unspecified atom stereocenters. The van der Waals surface area contributed by atoms with Crippen LogP contribution in [0.15, 0.2) is 48.6 Å². The van der Waals surface area contributed by atoms with Crippen LogP contribution < -0.4 is 0 Å². The monoisotopic (exact) mass is 741 g/mol. The minimum atomic E-state index is -4.27. The van der Waals surface area contributed by atoms with E-state index in [2.05, 4.69) is 62.5 Å². The summed E-state index contributed by atoms with van der Waals surface area (Å²) in [6.45, 7) is 5.45. The predicted octanol–water partition coefficient (Wildman–Crippen LogP) is 11.6. The Kier molecular flexibility index (Phi) is 34.4. The van der Waals surface area contributed by atoms with Crippen LogP contribution >= 0.6 is 7.82 Å². The van der Waals surface area contributed by atoms with Gasteiger partial charge in [-0.25, -0.2) is 4.57 Å². The molecule has 0 aromatic heterocycles. The van der Waals surface area contributed by atoms with E-state index in [1.807, 2.05) is 21.1 Å². The largest absolute Gasteiger partial charge is 0.472 e. The molecule has 2 atom stereocenters. The molecule has 0 heterocycles. The first-order chi connectivity index (χ1) is 24.6. The highest BCUT2D eigenvalue weighted by Gasteiger charge is 2.26. The fourth-order valence-electron chi connectivity index (χ4n) is 5.25. The minimum Gasteiger partial charge on any atom is -0.457 e. The van der Waals surface area contributed by atoms with E-state index >= 15 is 0 Å². The molecule has 0 aliphatic rings. The molecule has 0 spiro atoms. The van der Waals surface area contributed by atoms with Crippen molar-refractivity contribution in [1.29, 1.82) is 0 Å². The Balaban J connectivity index is 4.29. The van der Waals surface area contributed by atoms with E-state index in [4.69, 9.17) is 18.5 Å². The fourth-order valence-corrected chi connectivity index (χ4v) is 5.99. The maximum Gasteiger partial charge on any atom is 0.472 e. The van der Waals surface area contributed by atoms with Crippen molar-refractivity contribution < 1.29 is 37.3 Å². The highest BCUT2D eigenvalue weighted by Crippen LogP contribution is 2.43. The molecule has 0 amide bonds. The Hall–Kier alpha value is -1.54. The number of likely N-dealkylation sites (N-methyl/N-ethyl adjacent to an activating group) is 1. The smallest absolute Gasteiger partial charge is 0.457 e. The molecule has 0 saturated carbocycles. The lowest BCUT2D eigenvalue weighted by Gasteiger charge is -2.24. The summed E-state index contributed by atoms with van der Waals surface area (Å²) in [7, 11) is 1.65. The van der Waals surface area contributed by atoms with Crippen molar-refractivity contribution in [2.24, 2.45) is 0 Å². The lowest BCUT2D eigenvalue weighted by molar-refractivity contribution is -0.870. The number of ether oxygens (including phenoxy) is 2. The van der Waals surface area contributed by atoms with E-state index in [-0.39, 0.29) is 25.8 Å². The maximum absolute atomic E-state index is 12.6. The average molecular weight is 741 g/mol. The molecule has 8 nitrogen and oxygen atoms in total. The van der Waals surface area contributed by atoms with Gasteiger partial charge >= 0.3 is 13.8 Å². The van der Waals surface area contributed by atoms with E-state index in [9.17, 15) is 14.3 Å². The number of rotatable bonds is 37. The average Bonchev–Trinajstić information content (AvgIpc) is 3.08. The van der Waals surface area contributed by atoms with Crippen molar-refractivity contribution in [2.75, 3.05) is 54.1 Å². The number of carbonyl (C=O) groups is 1. The van der Waals surface area contributed by atoms with Gasteiger partial charge in [0, 0.05) is 13.0 Å². The maximum atomic E-state index is 12.6. The SMILES string of the molecule is CC/C=C\C/C=C\C/C=C\C/C=C\CCCCCCCOCC(COP(=O)(O)OCC[N+](C)(C)C)OC(=O)CCCCCCCCCCCCC. The van der Waals surface area contributed by atoms with Crippen molar-refractivity contribution in [1.82, 2.24) is 0 Å². The van der Waals surface area contributed by atoms with Crippen LogP contribution in [0.2, 0.25) is 0 Å². The van der Waals surface area contributed by atoms with Gasteiger partial charge in [-0.2, -0.15) is 0 Å². The fraction of sp³-hybridized carbons (Fsp3) is 0.786. The molecule has 1 N–H and O–H groups in total. The van der Waals surface area contributed by atoms with Gasteiger partial charge < -0.3 is 18.9 Å². The third-order valence-corrected chi connectivity index (χ3v) is 9.39. The number of carbonyl (C=O) groups excluding carboxylic acids is 1. The number of unbranched alkanes of at least 4 members (excludes halogenated alkanes) is 15. The number of quaternary nitrogens is 1. The zero-order chi connectivity index (χ0) is 37.7. The summed E-state index contributed by atoms with van der Waals surface area (Å²) in [6.07, 6.45) is 41.4. The van der Waals surface area contributed by atoms with Crippen molar-refractivity contribution >= 4 is 13.8 Å². The molecule has 0 saturated heterocycles. The molecular formula is C42H79NO7P+. The third-order valence-electron chi connectivity index (χ3n) is 8.40. The van der Waals surface area contributed by atoms with Gasteiger partial charge in [0.05, 0.1) is 34.4 Å². The van der Waals surface area contributed by atoms with Gasteiger partial charge in [-0.15, -0.1) is 0 Å². The first kappa shape index (κ1) is 49.5. The first-order valence-electron chi connectivity index (χ1n) is 20.4. The lowest BCUT2D eigenvalue weighted by atomic mass is 10.1. The van der Waals surface area contributed by atoms with Crippen molar-refractivity contribution in [2.45, 2.75) is 161 Å². The first-order valence-corrected chi connectivity index (χ1v) is 21.9. The van der Waals surface area contributed by atoms with Crippen LogP contribution in [-0.2, 0) is 27.9 Å². The van der Waals surface area contributed by atoms with E-state index in [1.165, 1.54) is 64.2 Å². The van der Waals surface area contributed by atoms with Gasteiger partial charge in [-0.05, 0) is 51.4 Å². The van der Waals surface area contributed by atoms with Crippen molar-refractivity contribution in [3.63, 3.8) is 0 Å². The Bertz CT molecular complexity index is 957. The second-order valence-electron chi connectivity index (χ2n) is 14.6. The lowest BCUT2D eigenvalue weighted by Crippen LogP contribution is -2.37. The molecular weight excluding hydrogens is 661 g/mol. The van der Waals surface area contributed by atoms with Crippen molar-refractivity contribution in [3.05, 3.63) is 48.6 Å². The number of phosphoric ester groups is 1. The van der Waals surface area contributed by atoms with Gasteiger partial charge in [-0.1, -0.05) is 146 Å². The zero-order valence-electron chi connectivity index (χ0n) is 33.6. The van der Waals surface area contributed by atoms with Gasteiger partial charge in [-0.3, -0.25) is 13.8 Å². The molecule has 0 rings (SSSR count). The molecule has 9 heteroatoms. The van der Waals surface area contributed by atoms with Gasteiger partial charge in [0.2, 0.25) is 0 Å². The number of hydrogen-bond donors (Lipinski definition) is 1. The summed E-state index contributed by atoms with van der Waals surface area (Å²) in [6, 6.07) is 0. The van der Waals surface area contributed by atoms with Crippen LogP contribution in [0.3, 0.4) is 0 Å². The highest BCUT2D eigenvalue weighted by molar-refractivity contribution is 7.47. The summed E-state index contributed by atoms with van der Waals surface area (Å²) in [5.74, 6) is -0.324. The van der Waals surface area contributed by atoms with Crippen molar-refractivity contribution in [3.8, 4) is 0 Å². The number of allylic oxidation sites excluding steroid dienone is 8. The molecule has 0 aromatic carbocycles. The quantitative estimate of drug-likeness (QED) is 0.0223. The summed E-state index contributed by atoms with van der Waals surface area (Å²) < 4.78 is 34.9. The number of hydrogen-bond acceptors (Lipinski definition) is 6. The van der Waals surface area contributed by atoms with E-state index in [0.29, 0.717) is 24.1 Å². The Morgan fingerprint density at radius 1 is 0.627 bits per heavy atom. The van der Waals surface area contributed by atoms with Gasteiger partial charge in [0.25, 0.3) is 0 Å². The topological polar surface area (TPSA) is 91.3 Å². The second-order valence-corrected chi connectivity index (χ2v) is 16.1.